The van der Waals surface area contributed by atoms with E-state index in [-0.39, 0.29) is 28.1 Å². The molecule has 0 N–H and O–H groups in total. The van der Waals surface area contributed by atoms with E-state index in [0.717, 1.165) is 22.0 Å². The predicted octanol–water partition coefficient (Wildman–Crippen LogP) is 7.08. The number of para-hydroxylation sites is 1. The molecule has 4 nitrogen and oxygen atoms in total. The average Bonchev–Trinajstić information content (AvgIpc) is 3.32. The fraction of sp³-hybridized carbons (Fsp3) is 0.515. The zero-order chi connectivity index (χ0) is 28.2. The van der Waals surface area contributed by atoms with Gasteiger partial charge in [0, 0.05) is 11.0 Å². The van der Waals surface area contributed by atoms with Crippen molar-refractivity contribution >= 4 is 29.9 Å². The maximum absolute atomic E-state index is 15.8. The first-order valence-corrected chi connectivity index (χ1v) is 15.7. The summed E-state index contributed by atoms with van der Waals surface area (Å²) in [5.41, 5.74) is 3.52. The lowest BCUT2D eigenvalue weighted by molar-refractivity contribution is -0.122. The first kappa shape index (κ1) is 27.1. The van der Waals surface area contributed by atoms with Crippen molar-refractivity contribution < 1.29 is 14.2 Å². The quantitative estimate of drug-likeness (QED) is 0.236. The number of carbonyl (C=O) groups is 2. The molecule has 2 saturated heterocycles. The van der Waals surface area contributed by atoms with E-state index >= 15 is 4.57 Å². The van der Waals surface area contributed by atoms with Crippen molar-refractivity contribution in [3.8, 4) is 0 Å². The van der Waals surface area contributed by atoms with Crippen molar-refractivity contribution in [3.05, 3.63) is 70.8 Å². The Kier molecular flexibility index (Phi) is 5.91. The Morgan fingerprint density at radius 1 is 0.737 bits per heavy atom. The molecule has 2 aromatic carbocycles. The Labute approximate surface area is 228 Å². The van der Waals surface area contributed by atoms with E-state index in [4.69, 9.17) is 0 Å². The molecule has 0 saturated carbocycles. The van der Waals surface area contributed by atoms with Crippen molar-refractivity contribution in [1.29, 1.82) is 0 Å². The zero-order valence-electron chi connectivity index (χ0n) is 24.5. The monoisotopic (exact) mass is 531 g/mol. The summed E-state index contributed by atoms with van der Waals surface area (Å²) in [4.78, 5) is 29.2. The first-order chi connectivity index (χ1) is 17.4. The molecule has 3 aliphatic heterocycles. The highest BCUT2D eigenvalue weighted by molar-refractivity contribution is 7.74. The van der Waals surface area contributed by atoms with Crippen molar-refractivity contribution in [2.24, 2.45) is 11.8 Å². The van der Waals surface area contributed by atoms with Gasteiger partial charge < -0.3 is 4.57 Å². The van der Waals surface area contributed by atoms with Crippen LogP contribution in [0.1, 0.15) is 85.9 Å². The number of hydrogen-bond acceptors (Lipinski definition) is 3. The van der Waals surface area contributed by atoms with Crippen molar-refractivity contribution in [2.45, 2.75) is 96.8 Å². The van der Waals surface area contributed by atoms with E-state index in [1.54, 1.807) is 12.1 Å². The molecule has 0 radical (unpaired) electrons. The van der Waals surface area contributed by atoms with Gasteiger partial charge in [0.25, 0.3) is 0 Å². The zero-order valence-corrected chi connectivity index (χ0v) is 25.4. The molecule has 2 fully saturated rings. The molecule has 5 atom stereocenters. The average molecular weight is 532 g/mol. The Bertz CT molecular complexity index is 1380. The molecule has 202 valence electrons. The normalized spacial score (nSPS) is 29.2. The summed E-state index contributed by atoms with van der Waals surface area (Å²) in [6.45, 7) is 21.8. The Morgan fingerprint density at radius 3 is 1.71 bits per heavy atom. The van der Waals surface area contributed by atoms with Gasteiger partial charge in [0.2, 0.25) is 11.8 Å². The minimum Gasteiger partial charge on any atom is -0.317 e. The number of benzene rings is 2. The second kappa shape index (κ2) is 8.28. The van der Waals surface area contributed by atoms with Crippen molar-refractivity contribution in [3.63, 3.8) is 0 Å². The number of fused-ring (bicyclic) bond motifs is 5. The number of carbonyl (C=O) groups excluding carboxylic acids is 2. The highest BCUT2D eigenvalue weighted by Crippen LogP contribution is 2.75. The number of allylic oxidation sites excluding steroid dienone is 2. The van der Waals surface area contributed by atoms with E-state index in [2.05, 4.69) is 80.5 Å². The predicted molar refractivity (Wildman–Crippen MR) is 157 cm³/mol. The molecule has 5 heteroatoms. The standard InChI is InChI=1S/C33H42NO3P/c1-19-16-24-25-26(30(36)34(29(25)35)21-14-12-11-13-15-21)27(19)38(24,37)28-22(32(5,6)7)17-20(31(2,3)4)18-23(28)33(8,9)10/h11-18,24-27H,1-10H3. The maximum atomic E-state index is 15.8. The van der Waals surface area contributed by atoms with Crippen LogP contribution in [0.5, 0.6) is 0 Å². The van der Waals surface area contributed by atoms with Gasteiger partial charge in [-0.2, -0.15) is 0 Å². The maximum Gasteiger partial charge on any atom is 0.238 e. The fourth-order valence-electron chi connectivity index (χ4n) is 6.94. The van der Waals surface area contributed by atoms with Gasteiger partial charge in [-0.3, -0.25) is 9.59 Å². The summed E-state index contributed by atoms with van der Waals surface area (Å²) in [5, 5.41) is 0.926. The number of nitrogens with zero attached hydrogens (tertiary/aromatic N) is 1. The number of imide groups is 1. The van der Waals surface area contributed by atoms with Crippen LogP contribution in [0, 0.1) is 11.8 Å². The third-order valence-electron chi connectivity index (χ3n) is 8.82. The second-order valence-corrected chi connectivity index (χ2v) is 17.6. The number of hydrogen-bond donors (Lipinski definition) is 0. The van der Waals surface area contributed by atoms with Crippen LogP contribution < -0.4 is 10.2 Å². The summed E-state index contributed by atoms with van der Waals surface area (Å²) < 4.78 is 15.8. The second-order valence-electron chi connectivity index (χ2n) is 14.6. The summed E-state index contributed by atoms with van der Waals surface area (Å²) in [6, 6.07) is 13.7. The summed E-state index contributed by atoms with van der Waals surface area (Å²) in [7, 11) is -3.22. The molecule has 0 aromatic heterocycles. The number of amides is 2. The van der Waals surface area contributed by atoms with Crippen LogP contribution in [0.4, 0.5) is 5.69 Å². The minimum absolute atomic E-state index is 0.0749. The van der Waals surface area contributed by atoms with Gasteiger partial charge in [0.15, 0.2) is 0 Å². The number of anilines is 1. The minimum atomic E-state index is -3.22. The lowest BCUT2D eigenvalue weighted by Crippen LogP contribution is -2.38. The molecule has 5 unspecified atom stereocenters. The van der Waals surface area contributed by atoms with Gasteiger partial charge in [-0.05, 0) is 52.0 Å². The van der Waals surface area contributed by atoms with Gasteiger partial charge in [0.05, 0.1) is 23.2 Å². The molecule has 0 spiro atoms. The fourth-order valence-corrected chi connectivity index (χ4v) is 12.2. The molecule has 2 amide bonds. The van der Waals surface area contributed by atoms with Crippen molar-refractivity contribution in [1.82, 2.24) is 0 Å². The lowest BCUT2D eigenvalue weighted by Gasteiger charge is -2.37. The van der Waals surface area contributed by atoms with Crippen LogP contribution in [-0.2, 0) is 30.4 Å². The van der Waals surface area contributed by atoms with E-state index < -0.39 is 30.3 Å². The van der Waals surface area contributed by atoms with E-state index in [1.165, 1.54) is 10.5 Å². The molecular weight excluding hydrogens is 489 g/mol. The van der Waals surface area contributed by atoms with Gasteiger partial charge in [-0.15, -0.1) is 0 Å². The van der Waals surface area contributed by atoms with Crippen LogP contribution in [0.15, 0.2) is 54.1 Å². The van der Waals surface area contributed by atoms with E-state index in [1.807, 2.05) is 25.1 Å². The first-order valence-electron chi connectivity index (χ1n) is 13.8. The van der Waals surface area contributed by atoms with Crippen LogP contribution >= 0.6 is 7.14 Å². The summed E-state index contributed by atoms with van der Waals surface area (Å²) in [6.07, 6.45) is 2.07. The van der Waals surface area contributed by atoms with E-state index in [0.29, 0.717) is 5.69 Å². The summed E-state index contributed by atoms with van der Waals surface area (Å²) in [5.74, 6) is -1.56. The van der Waals surface area contributed by atoms with E-state index in [9.17, 15) is 9.59 Å². The van der Waals surface area contributed by atoms with Crippen LogP contribution in [0.2, 0.25) is 0 Å². The van der Waals surface area contributed by atoms with Gasteiger partial charge in [-0.1, -0.05) is 104 Å². The Balaban J connectivity index is 1.77. The summed E-state index contributed by atoms with van der Waals surface area (Å²) >= 11 is 0. The molecule has 3 heterocycles. The Morgan fingerprint density at radius 2 is 1.24 bits per heavy atom. The molecule has 3 aliphatic rings. The third kappa shape index (κ3) is 3.74. The van der Waals surface area contributed by atoms with Crippen molar-refractivity contribution in [2.75, 3.05) is 4.90 Å². The smallest absolute Gasteiger partial charge is 0.238 e. The molecule has 38 heavy (non-hydrogen) atoms. The Hall–Kier alpha value is -2.45. The lowest BCUT2D eigenvalue weighted by atomic mass is 9.75. The number of rotatable bonds is 2. The molecule has 2 bridgehead atoms. The van der Waals surface area contributed by atoms with Crippen LogP contribution in [0.3, 0.4) is 0 Å². The van der Waals surface area contributed by atoms with Crippen LogP contribution in [-0.4, -0.2) is 23.1 Å². The van der Waals surface area contributed by atoms with Gasteiger partial charge >= 0.3 is 0 Å². The largest absolute Gasteiger partial charge is 0.317 e. The van der Waals surface area contributed by atoms with Crippen LogP contribution in [0.25, 0.3) is 0 Å². The topological polar surface area (TPSA) is 54.5 Å². The molecule has 2 aromatic rings. The molecule has 0 aliphatic carbocycles. The van der Waals surface area contributed by atoms with Gasteiger partial charge in [0.1, 0.15) is 7.14 Å². The SMILES string of the molecule is CC1=CC2C3C(=O)N(c4ccccc4)C(=O)C3C1P2(=O)c1c(C(C)(C)C)cc(C(C)(C)C)cc1C(C)(C)C. The van der Waals surface area contributed by atoms with Gasteiger partial charge in [-0.25, -0.2) is 4.90 Å². The third-order valence-corrected chi connectivity index (χ3v) is 12.9. The molecule has 5 rings (SSSR count). The molecular formula is C33H42NO3P. The highest BCUT2D eigenvalue weighted by Gasteiger charge is 2.71. The highest BCUT2D eigenvalue weighted by atomic mass is 31.2.